The van der Waals surface area contributed by atoms with Gasteiger partial charge < -0.3 is 39.6 Å². The first-order valence-electron chi connectivity index (χ1n) is 36.8. The van der Waals surface area contributed by atoms with Crippen molar-refractivity contribution < 1.29 is 43.2 Å². The molecule has 16 heteroatoms. The third-order valence-electron chi connectivity index (χ3n) is 22.2. The number of likely N-dealkylation sites (tertiary alicyclic amines) is 2. The van der Waals surface area contributed by atoms with Crippen LogP contribution in [-0.4, -0.2) is 177 Å². The number of aliphatic hydroxyl groups is 1. The summed E-state index contributed by atoms with van der Waals surface area (Å²) < 4.78 is 20.8. The molecule has 0 radical (unpaired) electrons. The Bertz CT molecular complexity index is 1930. The molecule has 10 aliphatic rings. The van der Waals surface area contributed by atoms with E-state index < -0.39 is 0 Å². The number of morpholine rings is 1. The van der Waals surface area contributed by atoms with Crippen molar-refractivity contribution >= 4 is 23.9 Å². The molecule has 4 heterocycles. The molecule has 1 unspecified atom stereocenters. The molecule has 89 heavy (non-hydrogen) atoms. The second kappa shape index (κ2) is 43.0. The lowest BCUT2D eigenvalue weighted by atomic mass is 9.79. The zero-order chi connectivity index (χ0) is 64.5. The van der Waals surface area contributed by atoms with E-state index in [-0.39, 0.29) is 42.7 Å². The second-order valence-electron chi connectivity index (χ2n) is 30.1. The number of nitrogens with zero attached hydrogens (tertiary/aromatic N) is 5. The number of nitriles is 1. The number of ether oxygens (including phenoxy) is 4. The molecule has 0 spiro atoms. The van der Waals surface area contributed by atoms with Crippen LogP contribution in [0.15, 0.2) is 0 Å². The van der Waals surface area contributed by atoms with E-state index in [2.05, 4.69) is 86.8 Å². The lowest BCUT2D eigenvalue weighted by Gasteiger charge is -2.38. The lowest BCUT2D eigenvalue weighted by Crippen LogP contribution is -2.44. The van der Waals surface area contributed by atoms with Crippen molar-refractivity contribution in [2.24, 2.45) is 59.2 Å². The van der Waals surface area contributed by atoms with E-state index >= 15 is 0 Å². The van der Waals surface area contributed by atoms with Crippen molar-refractivity contribution in [3.8, 4) is 6.07 Å². The molecule has 10 fully saturated rings. The van der Waals surface area contributed by atoms with Gasteiger partial charge in [0.15, 0.2) is 0 Å². The standard InChI is InChI=1S/C14H24N2.C14H26O3.C13H23NO3.2C11H21NO.C10H18N2O/c1-11(2)13-3-5-14(6-4-13)16-8-7-12(9-15)10-16;1-11(2)12-6-8-13(9-7-12)17-14(15)5-4-10-16-3;1-10-3-5-12(6-4-10)9-13(16)17-8-7-14-11(2)15;1-10-2-4-11(5-3-10)12-6-8-13-9-7-12;1-9-2-4-10(5-3-9)12-7-6-11(13)8-12;1-8-2-4-9(5-3-8)12-7-6-11-10(12)13/h11-14H,3-8,10H2,1-2H3;11-13H,4-10H2,1-3H3;10,12H,3-9H2,1-2H3,(H,14,15);10-11H,2-9H2,1H3;9-11,13H,2-8H2,1H3;8-9H,2-7H2,1H3,(H,11,13)/t12-,13?,14?;;;;;/m0...../s1. The van der Waals surface area contributed by atoms with Gasteiger partial charge in [-0.25, -0.2) is 4.79 Å². The van der Waals surface area contributed by atoms with Gasteiger partial charge in [0.1, 0.15) is 12.7 Å². The molecule has 6 aliphatic carbocycles. The first kappa shape index (κ1) is 76.6. The minimum Gasteiger partial charge on any atom is -0.464 e. The van der Waals surface area contributed by atoms with Crippen LogP contribution in [0.2, 0.25) is 0 Å². The molecule has 6 saturated carbocycles. The Morgan fingerprint density at radius 3 is 1.55 bits per heavy atom. The molecular formula is C73H133N7O9. The zero-order valence-electron chi connectivity index (χ0n) is 58.4. The van der Waals surface area contributed by atoms with E-state index in [0.717, 1.165) is 163 Å². The third-order valence-corrected chi connectivity index (χ3v) is 22.2. The third kappa shape index (κ3) is 30.3. The number of urea groups is 1. The average molecular weight is 1250 g/mol. The molecule has 0 bridgehead atoms. The summed E-state index contributed by atoms with van der Waals surface area (Å²) in [5, 5.41) is 23.8. The smallest absolute Gasteiger partial charge is 0.317 e. The summed E-state index contributed by atoms with van der Waals surface area (Å²) in [6.45, 7) is 31.6. The van der Waals surface area contributed by atoms with Gasteiger partial charge in [-0.15, -0.1) is 0 Å². The topological polar surface area (TPSA) is 186 Å². The van der Waals surface area contributed by atoms with Crippen molar-refractivity contribution in [1.82, 2.24) is 30.2 Å². The molecule has 10 rings (SSSR count). The maximum absolute atomic E-state index is 11.5. The fourth-order valence-corrected chi connectivity index (χ4v) is 15.7. The van der Waals surface area contributed by atoms with Crippen LogP contribution < -0.4 is 10.6 Å². The van der Waals surface area contributed by atoms with Crippen LogP contribution in [0.5, 0.6) is 0 Å². The number of hydrogen-bond donors (Lipinski definition) is 3. The van der Waals surface area contributed by atoms with E-state index in [1.54, 1.807) is 7.11 Å². The van der Waals surface area contributed by atoms with E-state index in [1.807, 2.05) is 4.90 Å². The van der Waals surface area contributed by atoms with Gasteiger partial charge >= 0.3 is 18.0 Å². The Kier molecular flexibility index (Phi) is 37.0. The number of aliphatic hydroxyl groups excluding tert-OH is 1. The summed E-state index contributed by atoms with van der Waals surface area (Å²) >= 11 is 0. The Hall–Kier alpha value is -3.07. The lowest BCUT2D eigenvalue weighted by molar-refractivity contribution is -0.151. The zero-order valence-corrected chi connectivity index (χ0v) is 58.4. The number of carbonyl (C=O) groups is 4. The SMILES string of the molecule is CC(=O)NCCOC(=O)CC1CCC(C)CC1.CC(C)C1CCC(N2CC[C@@H](C#N)C2)CC1.CC1CCC(N2CCC(O)C2)CC1.CC1CCC(N2CCNC2=O)CC1.CC1CCC(N2CCOCC2)CC1.COCCCC(=O)OC1CCC(C(C)C)CC1. The molecule has 514 valence electrons. The highest BCUT2D eigenvalue weighted by atomic mass is 16.5. The fourth-order valence-electron chi connectivity index (χ4n) is 15.7. The molecular weight excluding hydrogens is 1120 g/mol. The number of amides is 3. The summed E-state index contributed by atoms with van der Waals surface area (Å²) in [7, 11) is 1.65. The van der Waals surface area contributed by atoms with Crippen LogP contribution in [-0.2, 0) is 33.3 Å². The van der Waals surface area contributed by atoms with Crippen molar-refractivity contribution in [3.63, 3.8) is 0 Å². The van der Waals surface area contributed by atoms with Gasteiger partial charge in [-0.2, -0.15) is 5.26 Å². The van der Waals surface area contributed by atoms with Crippen molar-refractivity contribution in [3.05, 3.63) is 0 Å². The Balaban J connectivity index is 0.000000195. The Morgan fingerprint density at radius 2 is 1.09 bits per heavy atom. The van der Waals surface area contributed by atoms with E-state index in [0.29, 0.717) is 43.9 Å². The highest BCUT2D eigenvalue weighted by Gasteiger charge is 2.34. The minimum absolute atomic E-state index is 0.0423. The van der Waals surface area contributed by atoms with Crippen molar-refractivity contribution in [1.29, 1.82) is 5.26 Å². The maximum Gasteiger partial charge on any atom is 0.317 e. The largest absolute Gasteiger partial charge is 0.464 e. The molecule has 0 aromatic rings. The molecule has 4 aliphatic heterocycles. The predicted molar refractivity (Wildman–Crippen MR) is 358 cm³/mol. The van der Waals surface area contributed by atoms with Gasteiger partial charge in [0.05, 0.1) is 37.8 Å². The van der Waals surface area contributed by atoms with Crippen molar-refractivity contribution in [2.75, 3.05) is 92.4 Å². The predicted octanol–water partition coefficient (Wildman–Crippen LogP) is 13.2. The summed E-state index contributed by atoms with van der Waals surface area (Å²) in [5.41, 5.74) is 0. The monoisotopic (exact) mass is 1250 g/mol. The molecule has 2 atom stereocenters. The number of β-amino-alcohol motifs (C(OH)–C–C–N with tert-alkyl or cyclic N) is 1. The van der Waals surface area contributed by atoms with Crippen molar-refractivity contribution in [2.45, 2.75) is 285 Å². The number of esters is 2. The van der Waals surface area contributed by atoms with E-state index in [9.17, 15) is 24.3 Å². The summed E-state index contributed by atoms with van der Waals surface area (Å²) in [6.07, 6.45) is 34.9. The fraction of sp³-hybridized carbons (Fsp3) is 0.932. The van der Waals surface area contributed by atoms with E-state index in [1.165, 1.54) is 148 Å². The normalized spacial score (nSPS) is 32.7. The second-order valence-corrected chi connectivity index (χ2v) is 30.1. The molecule has 16 nitrogen and oxygen atoms in total. The number of nitrogens with one attached hydrogen (secondary N) is 2. The van der Waals surface area contributed by atoms with Gasteiger partial charge in [-0.3, -0.25) is 29.1 Å². The molecule has 0 aromatic carbocycles. The molecule has 3 N–H and O–H groups in total. The van der Waals surface area contributed by atoms with Gasteiger partial charge in [0.25, 0.3) is 0 Å². The summed E-state index contributed by atoms with van der Waals surface area (Å²) in [6, 6.07) is 5.54. The molecule has 3 amide bonds. The van der Waals surface area contributed by atoms with Gasteiger partial charge in [-0.1, -0.05) is 68.2 Å². The first-order valence-corrected chi connectivity index (χ1v) is 36.8. The quantitative estimate of drug-likeness (QED) is 0.0980. The molecule has 0 aromatic heterocycles. The highest BCUT2D eigenvalue weighted by molar-refractivity contribution is 5.76. The maximum atomic E-state index is 11.5. The number of hydrogen-bond acceptors (Lipinski definition) is 13. The van der Waals surface area contributed by atoms with Crippen LogP contribution in [0.25, 0.3) is 0 Å². The summed E-state index contributed by atoms with van der Waals surface area (Å²) in [4.78, 5) is 54.7. The minimum atomic E-state index is -0.130. The number of rotatable bonds is 16. The van der Waals surface area contributed by atoms with Crippen LogP contribution in [0.3, 0.4) is 0 Å². The Labute approximate surface area is 542 Å². The van der Waals surface area contributed by atoms with Crippen LogP contribution >= 0.6 is 0 Å². The van der Waals surface area contributed by atoms with Gasteiger partial charge in [0, 0.05) is 103 Å². The van der Waals surface area contributed by atoms with Gasteiger partial charge in [0.2, 0.25) is 5.91 Å². The first-order chi connectivity index (χ1) is 42.8. The van der Waals surface area contributed by atoms with Crippen LogP contribution in [0.4, 0.5) is 4.79 Å². The highest BCUT2D eigenvalue weighted by Crippen LogP contribution is 2.36. The van der Waals surface area contributed by atoms with Gasteiger partial charge in [-0.05, 0) is 220 Å². The Morgan fingerprint density at radius 1 is 0.607 bits per heavy atom. The summed E-state index contributed by atoms with van der Waals surface area (Å²) in [5.74, 6) is 7.48. The van der Waals surface area contributed by atoms with Crippen LogP contribution in [0.1, 0.15) is 249 Å². The molecule has 4 saturated heterocycles. The van der Waals surface area contributed by atoms with Crippen LogP contribution in [0, 0.1) is 70.5 Å². The number of methoxy groups -OCH3 is 1. The average Bonchev–Trinajstić information content (AvgIpc) is 3.22. The van der Waals surface area contributed by atoms with E-state index in [4.69, 9.17) is 24.2 Å². The number of carbonyl (C=O) groups excluding carboxylic acids is 4.